The molecule has 0 unspecified atom stereocenters. The zero-order valence-corrected chi connectivity index (χ0v) is 31.5. The van der Waals surface area contributed by atoms with E-state index in [9.17, 15) is 0 Å². The molecule has 9 rings (SSSR count). The van der Waals surface area contributed by atoms with E-state index in [-0.39, 0.29) is 0 Å². The summed E-state index contributed by atoms with van der Waals surface area (Å²) in [6.07, 6.45) is 0. The van der Waals surface area contributed by atoms with Gasteiger partial charge in [-0.2, -0.15) is 0 Å². The van der Waals surface area contributed by atoms with E-state index in [1.54, 1.807) is 28.4 Å². The second-order valence-corrected chi connectivity index (χ2v) is 13.6. The maximum absolute atomic E-state index is 5.54. The van der Waals surface area contributed by atoms with Crippen LogP contribution in [0.5, 0.6) is 23.0 Å². The van der Waals surface area contributed by atoms with Gasteiger partial charge >= 0.3 is 0 Å². The molecule has 5 heterocycles. The van der Waals surface area contributed by atoms with Crippen LogP contribution in [0.1, 0.15) is 45.0 Å². The van der Waals surface area contributed by atoms with E-state index in [0.717, 1.165) is 112 Å². The molecule has 0 saturated heterocycles. The standard InChI is InChI=1S/C48H40N4O4/c1-53-33-13-5-29(6-14-33)45-37-21-23-39(49-37)46(30-7-15-34(54-2)16-8-30)41-25-27-43(51-41)48(32-11-19-36(56-4)20-12-32)44-28-26-42(52-44)47(40-24-22-38(45)50-40)31-9-17-35(55-3)18-10-31/h5-28,49-52H,1-4H3. The van der Waals surface area contributed by atoms with Crippen LogP contribution in [-0.2, 0) is 0 Å². The average Bonchev–Trinajstić information content (AvgIpc) is 4.10. The Bertz CT molecular complexity index is 2530. The van der Waals surface area contributed by atoms with Crippen LogP contribution in [0.3, 0.4) is 0 Å². The van der Waals surface area contributed by atoms with Crippen LogP contribution >= 0.6 is 0 Å². The lowest BCUT2D eigenvalue weighted by molar-refractivity contribution is 0.414. The van der Waals surface area contributed by atoms with Gasteiger partial charge < -0.3 is 38.9 Å². The number of rotatable bonds is 8. The molecule has 0 saturated carbocycles. The van der Waals surface area contributed by atoms with E-state index in [1.165, 1.54) is 0 Å². The number of hydrogen-bond acceptors (Lipinski definition) is 4. The van der Waals surface area contributed by atoms with Gasteiger partial charge in [-0.25, -0.2) is 0 Å². The third-order valence-electron chi connectivity index (χ3n) is 10.4. The Labute approximate surface area is 323 Å². The summed E-state index contributed by atoms with van der Waals surface area (Å²) < 4.78 is 22.2. The molecule has 0 amide bonds. The lowest BCUT2D eigenvalue weighted by Gasteiger charge is -2.11. The van der Waals surface area contributed by atoms with Crippen molar-refractivity contribution in [3.63, 3.8) is 0 Å². The minimum Gasteiger partial charge on any atom is -0.497 e. The van der Waals surface area contributed by atoms with Crippen molar-refractivity contribution in [2.45, 2.75) is 0 Å². The van der Waals surface area contributed by atoms with Gasteiger partial charge in [0.05, 0.1) is 28.4 Å². The first-order chi connectivity index (χ1) is 27.5. The molecular formula is C48H40N4O4. The summed E-state index contributed by atoms with van der Waals surface area (Å²) in [6, 6.07) is 50.0. The zero-order chi connectivity index (χ0) is 38.2. The highest BCUT2D eigenvalue weighted by molar-refractivity contribution is 5.85. The Hall–Kier alpha value is -7.32. The minimum absolute atomic E-state index is 0.795. The Morgan fingerprint density at radius 2 is 0.464 bits per heavy atom. The summed E-state index contributed by atoms with van der Waals surface area (Å²) in [7, 11) is 6.75. The van der Waals surface area contributed by atoms with E-state index in [2.05, 4.69) is 117 Å². The Kier molecular flexibility index (Phi) is 8.91. The van der Waals surface area contributed by atoms with Gasteiger partial charge in [0, 0.05) is 66.5 Å². The average molecular weight is 737 g/mol. The van der Waals surface area contributed by atoms with Crippen molar-refractivity contribution in [3.8, 4) is 23.0 Å². The summed E-state index contributed by atoms with van der Waals surface area (Å²) in [5.41, 5.74) is 12.1. The SMILES string of the molecule is COc1ccc(C2=c3ccc([nH]3)=C(c3ccc(OC)cc3)c3ccc([nH]3)C(c3ccc(OC)cc3)=c3ccc([nH]3)=C(c3ccc(OC)cc3)c3ccc2[nH]3)cc1. The molecule has 4 aromatic carbocycles. The van der Waals surface area contributed by atoms with Crippen molar-refractivity contribution in [2.75, 3.05) is 28.4 Å². The first-order valence-corrected chi connectivity index (χ1v) is 18.4. The first-order valence-electron chi connectivity index (χ1n) is 18.4. The molecule has 0 fully saturated rings. The lowest BCUT2D eigenvalue weighted by atomic mass is 10.0. The first kappa shape index (κ1) is 34.4. The Morgan fingerprint density at radius 3 is 0.661 bits per heavy atom. The van der Waals surface area contributed by atoms with E-state index in [4.69, 9.17) is 18.9 Å². The molecule has 8 aromatic rings. The summed E-state index contributed by atoms with van der Waals surface area (Å²) in [4.78, 5) is 15.3. The second-order valence-electron chi connectivity index (χ2n) is 13.6. The second kappa shape index (κ2) is 14.5. The Morgan fingerprint density at radius 1 is 0.250 bits per heavy atom. The van der Waals surface area contributed by atoms with Gasteiger partial charge in [0.15, 0.2) is 0 Å². The van der Waals surface area contributed by atoms with Crippen LogP contribution in [0.25, 0.3) is 22.3 Å². The summed E-state index contributed by atoms with van der Waals surface area (Å²) in [5, 5.41) is 3.84. The Balaban J connectivity index is 1.40. The van der Waals surface area contributed by atoms with Gasteiger partial charge in [0.2, 0.25) is 0 Å². The van der Waals surface area contributed by atoms with Crippen LogP contribution in [0.2, 0.25) is 0 Å². The van der Waals surface area contributed by atoms with Crippen LogP contribution in [0.15, 0.2) is 146 Å². The molecule has 276 valence electrons. The van der Waals surface area contributed by atoms with Crippen LogP contribution in [-0.4, -0.2) is 48.4 Å². The predicted octanol–water partition coefficient (Wildman–Crippen LogP) is 6.34. The van der Waals surface area contributed by atoms with Crippen LogP contribution in [0, 0.1) is 0 Å². The third kappa shape index (κ3) is 6.27. The molecule has 8 nitrogen and oxygen atoms in total. The minimum atomic E-state index is 0.795. The fraction of sp³-hybridized carbons (Fsp3) is 0.0833. The summed E-state index contributed by atoms with van der Waals surface area (Å²) >= 11 is 0. The summed E-state index contributed by atoms with van der Waals surface area (Å²) in [5.74, 6) is 3.18. The molecule has 1 aliphatic heterocycles. The molecule has 4 aromatic heterocycles. The molecule has 0 spiro atoms. The van der Waals surface area contributed by atoms with Gasteiger partial charge in [-0.15, -0.1) is 0 Å². The molecule has 0 radical (unpaired) electrons. The number of aromatic nitrogens is 4. The molecule has 0 atom stereocenters. The third-order valence-corrected chi connectivity index (χ3v) is 10.4. The van der Waals surface area contributed by atoms with Crippen LogP contribution < -0.4 is 40.3 Å². The number of nitrogens with one attached hydrogen (secondary N) is 4. The molecule has 8 heteroatoms. The lowest BCUT2D eigenvalue weighted by Crippen LogP contribution is -2.19. The molecule has 0 aliphatic carbocycles. The number of ether oxygens (including phenoxy) is 4. The smallest absolute Gasteiger partial charge is 0.118 e. The van der Waals surface area contributed by atoms with Gasteiger partial charge in [-0.3, -0.25) is 0 Å². The van der Waals surface area contributed by atoms with Gasteiger partial charge in [0.25, 0.3) is 0 Å². The monoisotopic (exact) mass is 736 g/mol. The molecular weight excluding hydrogens is 697 g/mol. The summed E-state index contributed by atoms with van der Waals surface area (Å²) in [6.45, 7) is 0. The maximum Gasteiger partial charge on any atom is 0.118 e. The van der Waals surface area contributed by atoms with Crippen molar-refractivity contribution in [3.05, 3.63) is 212 Å². The van der Waals surface area contributed by atoms with E-state index >= 15 is 0 Å². The fourth-order valence-electron chi connectivity index (χ4n) is 7.60. The highest BCUT2D eigenvalue weighted by Crippen LogP contribution is 2.30. The number of fused-ring (bicyclic) bond motifs is 8. The zero-order valence-electron chi connectivity index (χ0n) is 31.5. The fourth-order valence-corrected chi connectivity index (χ4v) is 7.60. The van der Waals surface area contributed by atoms with E-state index in [1.807, 2.05) is 48.5 Å². The van der Waals surface area contributed by atoms with Crippen molar-refractivity contribution in [1.82, 2.24) is 19.9 Å². The number of aromatic amines is 4. The number of benzene rings is 4. The van der Waals surface area contributed by atoms with Crippen LogP contribution in [0.4, 0.5) is 0 Å². The van der Waals surface area contributed by atoms with Crippen molar-refractivity contribution < 1.29 is 18.9 Å². The molecule has 56 heavy (non-hydrogen) atoms. The topological polar surface area (TPSA) is 100 Å². The molecule has 4 N–H and O–H groups in total. The van der Waals surface area contributed by atoms with E-state index < -0.39 is 0 Å². The van der Waals surface area contributed by atoms with Gasteiger partial charge in [-0.1, -0.05) is 48.5 Å². The quantitative estimate of drug-likeness (QED) is 0.147. The van der Waals surface area contributed by atoms with E-state index in [0.29, 0.717) is 0 Å². The molecule has 8 bridgehead atoms. The number of methoxy groups -OCH3 is 4. The molecule has 1 aliphatic rings. The highest BCUT2D eigenvalue weighted by Gasteiger charge is 2.19. The normalized spacial score (nSPS) is 12.5. The number of H-pyrrole nitrogens is 4. The van der Waals surface area contributed by atoms with Crippen molar-refractivity contribution in [1.29, 1.82) is 0 Å². The highest BCUT2D eigenvalue weighted by atomic mass is 16.5. The maximum atomic E-state index is 5.54. The predicted molar refractivity (Wildman–Crippen MR) is 220 cm³/mol. The van der Waals surface area contributed by atoms with Crippen molar-refractivity contribution in [2.24, 2.45) is 0 Å². The largest absolute Gasteiger partial charge is 0.497 e. The van der Waals surface area contributed by atoms with Gasteiger partial charge in [0.1, 0.15) is 23.0 Å². The number of hydrogen-bond donors (Lipinski definition) is 4. The van der Waals surface area contributed by atoms with Gasteiger partial charge in [-0.05, 0) is 119 Å². The van der Waals surface area contributed by atoms with Crippen molar-refractivity contribution >= 4 is 22.3 Å².